The summed E-state index contributed by atoms with van der Waals surface area (Å²) in [6.45, 7) is 3.27. The molecule has 0 bridgehead atoms. The Hall–Kier alpha value is -1.84. The quantitative estimate of drug-likeness (QED) is 0.466. The number of carbonyl (C=O) groups is 2. The lowest BCUT2D eigenvalue weighted by Crippen LogP contribution is -2.11. The Kier molecular flexibility index (Phi) is 4.66. The van der Waals surface area contributed by atoms with Crippen LogP contribution in [0, 0.1) is 6.92 Å². The first kappa shape index (κ1) is 15.5. The molecule has 0 N–H and O–H groups in total. The first-order valence-electron chi connectivity index (χ1n) is 6.17. The molecule has 0 spiro atoms. The molecule has 0 aromatic heterocycles. The van der Waals surface area contributed by atoms with Gasteiger partial charge in [-0.3, -0.25) is 4.79 Å². The highest BCUT2D eigenvalue weighted by Gasteiger charge is 2.15. The molecule has 21 heavy (non-hydrogen) atoms. The van der Waals surface area contributed by atoms with Crippen LogP contribution in [-0.2, 0) is 0 Å². The second-order valence-electron chi connectivity index (χ2n) is 4.57. The predicted octanol–water partition coefficient (Wildman–Crippen LogP) is 4.72. The molecule has 0 saturated carbocycles. The van der Waals surface area contributed by atoms with Crippen LogP contribution in [0.3, 0.4) is 0 Å². The predicted molar refractivity (Wildman–Crippen MR) is 82.6 cm³/mol. The molecule has 0 fully saturated rings. The summed E-state index contributed by atoms with van der Waals surface area (Å²) in [5.74, 6) is -0.535. The smallest absolute Gasteiger partial charge is 0.343 e. The van der Waals surface area contributed by atoms with E-state index in [0.29, 0.717) is 10.6 Å². The van der Waals surface area contributed by atoms with Gasteiger partial charge >= 0.3 is 5.97 Å². The summed E-state index contributed by atoms with van der Waals surface area (Å²) in [5.41, 5.74) is 1.51. The lowest BCUT2D eigenvalue weighted by molar-refractivity contribution is 0.0733. The number of benzene rings is 2. The van der Waals surface area contributed by atoms with E-state index >= 15 is 0 Å². The van der Waals surface area contributed by atoms with Crippen molar-refractivity contribution in [3.8, 4) is 5.75 Å². The third-order valence-electron chi connectivity index (χ3n) is 2.87. The Bertz CT molecular complexity index is 723. The van der Waals surface area contributed by atoms with Gasteiger partial charge in [-0.1, -0.05) is 29.3 Å². The maximum Gasteiger partial charge on any atom is 0.343 e. The van der Waals surface area contributed by atoms with Gasteiger partial charge in [-0.05, 0) is 49.7 Å². The molecule has 3 nitrogen and oxygen atoms in total. The van der Waals surface area contributed by atoms with Crippen LogP contribution in [-0.4, -0.2) is 11.8 Å². The van der Waals surface area contributed by atoms with Gasteiger partial charge in [0, 0.05) is 0 Å². The number of hydrogen-bond donors (Lipinski definition) is 0. The van der Waals surface area contributed by atoms with Gasteiger partial charge in [-0.15, -0.1) is 0 Å². The summed E-state index contributed by atoms with van der Waals surface area (Å²) >= 11 is 11.7. The van der Waals surface area contributed by atoms with E-state index in [1.807, 2.05) is 6.92 Å². The van der Waals surface area contributed by atoms with Crippen LogP contribution in [0.1, 0.15) is 33.2 Å². The van der Waals surface area contributed by atoms with Crippen molar-refractivity contribution in [2.24, 2.45) is 0 Å². The molecule has 0 aliphatic heterocycles. The first-order valence-corrected chi connectivity index (χ1v) is 6.93. The number of esters is 1. The van der Waals surface area contributed by atoms with Crippen molar-refractivity contribution in [3.63, 3.8) is 0 Å². The summed E-state index contributed by atoms with van der Waals surface area (Å²) in [6.07, 6.45) is 0. The molecule has 5 heteroatoms. The van der Waals surface area contributed by atoms with Crippen molar-refractivity contribution in [2.75, 3.05) is 0 Å². The number of rotatable bonds is 3. The van der Waals surface area contributed by atoms with Crippen molar-refractivity contribution in [1.82, 2.24) is 0 Å². The summed E-state index contributed by atoms with van der Waals surface area (Å²) in [5, 5.41) is 0.621. The van der Waals surface area contributed by atoms with E-state index in [9.17, 15) is 9.59 Å². The molecule has 2 rings (SSSR count). The topological polar surface area (TPSA) is 43.4 Å². The normalized spacial score (nSPS) is 10.3. The maximum atomic E-state index is 12.1. The summed E-state index contributed by atoms with van der Waals surface area (Å²) in [7, 11) is 0. The highest BCUT2D eigenvalue weighted by molar-refractivity contribution is 6.42. The molecular weight excluding hydrogens is 311 g/mol. The van der Waals surface area contributed by atoms with Gasteiger partial charge < -0.3 is 4.74 Å². The minimum atomic E-state index is -0.596. The Morgan fingerprint density at radius 3 is 2.33 bits per heavy atom. The number of ketones is 1. The van der Waals surface area contributed by atoms with Crippen LogP contribution in [0.2, 0.25) is 10.0 Å². The summed E-state index contributed by atoms with van der Waals surface area (Å²) in [6, 6.07) is 9.52. The highest BCUT2D eigenvalue weighted by atomic mass is 35.5. The van der Waals surface area contributed by atoms with E-state index in [4.69, 9.17) is 27.9 Å². The first-order chi connectivity index (χ1) is 9.88. The largest absolute Gasteiger partial charge is 0.422 e. The van der Waals surface area contributed by atoms with E-state index in [0.717, 1.165) is 5.56 Å². The zero-order valence-corrected chi connectivity index (χ0v) is 13.0. The second kappa shape index (κ2) is 6.29. The van der Waals surface area contributed by atoms with Crippen molar-refractivity contribution in [2.45, 2.75) is 13.8 Å². The lowest BCUT2D eigenvalue weighted by Gasteiger charge is -2.09. The Morgan fingerprint density at radius 2 is 1.71 bits per heavy atom. The molecule has 0 aliphatic rings. The second-order valence-corrected chi connectivity index (χ2v) is 5.39. The van der Waals surface area contributed by atoms with Crippen LogP contribution >= 0.6 is 23.2 Å². The zero-order chi connectivity index (χ0) is 15.6. The number of carbonyl (C=O) groups excluding carboxylic acids is 2. The van der Waals surface area contributed by atoms with Gasteiger partial charge in [0.05, 0.1) is 21.2 Å². The number of hydrogen-bond acceptors (Lipinski definition) is 3. The number of halogens is 2. The van der Waals surface area contributed by atoms with E-state index in [-0.39, 0.29) is 22.1 Å². The summed E-state index contributed by atoms with van der Waals surface area (Å²) in [4.78, 5) is 23.7. The number of Topliss-reactive ketones (excluding diaryl/α,β-unsaturated/α-hetero) is 1. The van der Waals surface area contributed by atoms with Crippen LogP contribution < -0.4 is 4.74 Å². The fourth-order valence-corrected chi connectivity index (χ4v) is 2.08. The third-order valence-corrected chi connectivity index (χ3v) is 3.61. The molecule has 0 atom stereocenters. The lowest BCUT2D eigenvalue weighted by atomic mass is 10.1. The monoisotopic (exact) mass is 322 g/mol. The zero-order valence-electron chi connectivity index (χ0n) is 11.4. The molecule has 2 aromatic carbocycles. The Morgan fingerprint density at radius 1 is 1.00 bits per heavy atom. The van der Waals surface area contributed by atoms with Crippen LogP contribution in [0.25, 0.3) is 0 Å². The van der Waals surface area contributed by atoms with Gasteiger partial charge in [-0.25, -0.2) is 4.79 Å². The average Bonchev–Trinajstić information content (AvgIpc) is 2.41. The van der Waals surface area contributed by atoms with Gasteiger partial charge in [-0.2, -0.15) is 0 Å². The van der Waals surface area contributed by atoms with Crippen LogP contribution in [0.4, 0.5) is 0 Å². The Labute approximate surface area is 132 Å². The van der Waals surface area contributed by atoms with E-state index < -0.39 is 5.97 Å². The molecule has 2 aromatic rings. The molecule has 0 heterocycles. The molecule has 0 radical (unpaired) electrons. The molecular formula is C16H12Cl2O3. The van der Waals surface area contributed by atoms with Crippen LogP contribution in [0.15, 0.2) is 36.4 Å². The SMILES string of the molecule is CC(=O)c1ccc(C)cc1OC(=O)c1ccc(Cl)c(Cl)c1. The maximum absolute atomic E-state index is 12.1. The molecule has 0 saturated heterocycles. The van der Waals surface area contributed by atoms with E-state index in [2.05, 4.69) is 0 Å². The average molecular weight is 323 g/mol. The Balaban J connectivity index is 2.33. The summed E-state index contributed by atoms with van der Waals surface area (Å²) < 4.78 is 5.31. The van der Waals surface area contributed by atoms with Crippen molar-refractivity contribution >= 4 is 35.0 Å². The van der Waals surface area contributed by atoms with Crippen LogP contribution in [0.5, 0.6) is 5.75 Å². The number of ether oxygens (including phenoxy) is 1. The molecule has 0 unspecified atom stereocenters. The van der Waals surface area contributed by atoms with Crippen molar-refractivity contribution in [3.05, 3.63) is 63.1 Å². The number of aryl methyl sites for hydroxylation is 1. The fourth-order valence-electron chi connectivity index (χ4n) is 1.79. The third kappa shape index (κ3) is 3.63. The minimum Gasteiger partial charge on any atom is -0.422 e. The van der Waals surface area contributed by atoms with E-state index in [1.54, 1.807) is 18.2 Å². The van der Waals surface area contributed by atoms with Gasteiger partial charge in [0.25, 0.3) is 0 Å². The molecule has 108 valence electrons. The van der Waals surface area contributed by atoms with E-state index in [1.165, 1.54) is 25.1 Å². The van der Waals surface area contributed by atoms with Gasteiger partial charge in [0.2, 0.25) is 0 Å². The van der Waals surface area contributed by atoms with Crippen molar-refractivity contribution < 1.29 is 14.3 Å². The highest BCUT2D eigenvalue weighted by Crippen LogP contribution is 2.25. The van der Waals surface area contributed by atoms with Gasteiger partial charge in [0.15, 0.2) is 5.78 Å². The minimum absolute atomic E-state index is 0.174. The van der Waals surface area contributed by atoms with Gasteiger partial charge in [0.1, 0.15) is 5.75 Å². The fraction of sp³-hybridized carbons (Fsp3) is 0.125. The molecule has 0 aliphatic carbocycles. The molecule has 0 amide bonds. The van der Waals surface area contributed by atoms with Crippen molar-refractivity contribution in [1.29, 1.82) is 0 Å². The standard InChI is InChI=1S/C16H12Cl2O3/c1-9-3-5-12(10(2)19)15(7-9)21-16(20)11-4-6-13(17)14(18)8-11/h3-8H,1-2H3.